The predicted molar refractivity (Wildman–Crippen MR) is 115 cm³/mol. The van der Waals surface area contributed by atoms with Gasteiger partial charge in [-0.1, -0.05) is 30.3 Å². The Morgan fingerprint density at radius 3 is 2.60 bits per heavy atom. The summed E-state index contributed by atoms with van der Waals surface area (Å²) >= 11 is 0. The van der Waals surface area contributed by atoms with E-state index < -0.39 is 0 Å². The molecule has 30 heavy (non-hydrogen) atoms. The van der Waals surface area contributed by atoms with Gasteiger partial charge < -0.3 is 9.47 Å². The summed E-state index contributed by atoms with van der Waals surface area (Å²) in [4.78, 5) is 14.9. The summed E-state index contributed by atoms with van der Waals surface area (Å²) in [7, 11) is 0. The third-order valence-corrected chi connectivity index (χ3v) is 5.59. The molecule has 0 atom stereocenters. The standard InChI is InChI=1S/C24H21FN4O/c25-19-8-6-18(7-9-19)24-21-16-28(13-11-22(21)26-27-24)20-10-12-29(23(30)14-20)15-17-4-2-1-3-5-17/h1-10,12,14H,11,13,15-16H2,(H,26,27). The van der Waals surface area contributed by atoms with Crippen LogP contribution in [0.4, 0.5) is 10.1 Å². The first-order valence-corrected chi connectivity index (χ1v) is 9.99. The Kier molecular flexibility index (Phi) is 4.67. The minimum absolute atomic E-state index is 0.0203. The van der Waals surface area contributed by atoms with Crippen LogP contribution in [0.25, 0.3) is 11.3 Å². The number of fused-ring (bicyclic) bond motifs is 1. The van der Waals surface area contributed by atoms with Gasteiger partial charge in [0.1, 0.15) is 5.82 Å². The molecule has 5 rings (SSSR count). The van der Waals surface area contributed by atoms with E-state index in [4.69, 9.17) is 0 Å². The second-order valence-corrected chi connectivity index (χ2v) is 7.54. The lowest BCUT2D eigenvalue weighted by molar-refractivity contribution is 0.628. The van der Waals surface area contributed by atoms with Crippen molar-refractivity contribution in [2.45, 2.75) is 19.5 Å². The molecule has 6 heteroatoms. The lowest BCUT2D eigenvalue weighted by Gasteiger charge is -2.29. The molecule has 0 unspecified atom stereocenters. The third-order valence-electron chi connectivity index (χ3n) is 5.59. The van der Waals surface area contributed by atoms with Gasteiger partial charge in [-0.15, -0.1) is 0 Å². The molecule has 2 aromatic heterocycles. The number of aromatic amines is 1. The van der Waals surface area contributed by atoms with E-state index in [1.54, 1.807) is 22.8 Å². The molecule has 1 aliphatic rings. The Morgan fingerprint density at radius 1 is 1.03 bits per heavy atom. The third kappa shape index (κ3) is 3.52. The molecule has 4 aromatic rings. The van der Waals surface area contributed by atoms with E-state index in [0.29, 0.717) is 13.1 Å². The van der Waals surface area contributed by atoms with Crippen molar-refractivity contribution in [3.05, 3.63) is 106 Å². The van der Waals surface area contributed by atoms with Crippen LogP contribution in [0, 0.1) is 5.82 Å². The fourth-order valence-electron chi connectivity index (χ4n) is 3.97. The summed E-state index contributed by atoms with van der Waals surface area (Å²) in [6, 6.07) is 20.0. The predicted octanol–water partition coefficient (Wildman–Crippen LogP) is 3.99. The highest BCUT2D eigenvalue weighted by Crippen LogP contribution is 2.30. The van der Waals surface area contributed by atoms with Crippen molar-refractivity contribution in [1.82, 2.24) is 14.8 Å². The first-order chi connectivity index (χ1) is 14.7. The van der Waals surface area contributed by atoms with Gasteiger partial charge in [-0.2, -0.15) is 5.10 Å². The van der Waals surface area contributed by atoms with Gasteiger partial charge in [-0.05, 0) is 35.9 Å². The molecule has 150 valence electrons. The molecule has 0 amide bonds. The summed E-state index contributed by atoms with van der Waals surface area (Å²) in [5.74, 6) is -0.263. The Balaban J connectivity index is 1.40. The number of pyridine rings is 1. The number of anilines is 1. The minimum atomic E-state index is -0.263. The molecule has 1 N–H and O–H groups in total. The van der Waals surface area contributed by atoms with Gasteiger partial charge in [0.05, 0.1) is 12.2 Å². The molecular weight excluding hydrogens is 379 g/mol. The maximum atomic E-state index is 13.3. The maximum absolute atomic E-state index is 13.3. The number of halogens is 1. The Morgan fingerprint density at radius 2 is 1.83 bits per heavy atom. The van der Waals surface area contributed by atoms with E-state index in [9.17, 15) is 9.18 Å². The molecule has 3 heterocycles. The van der Waals surface area contributed by atoms with Crippen LogP contribution in [0.3, 0.4) is 0 Å². The van der Waals surface area contributed by atoms with Gasteiger partial charge in [0.2, 0.25) is 0 Å². The van der Waals surface area contributed by atoms with Crippen molar-refractivity contribution in [3.8, 4) is 11.3 Å². The number of nitrogens with one attached hydrogen (secondary N) is 1. The zero-order valence-electron chi connectivity index (χ0n) is 16.4. The fraction of sp³-hybridized carbons (Fsp3) is 0.167. The monoisotopic (exact) mass is 400 g/mol. The highest BCUT2D eigenvalue weighted by molar-refractivity contribution is 5.65. The summed E-state index contributed by atoms with van der Waals surface area (Å²) in [6.07, 6.45) is 2.67. The molecule has 5 nitrogen and oxygen atoms in total. The zero-order valence-corrected chi connectivity index (χ0v) is 16.4. The van der Waals surface area contributed by atoms with Crippen LogP contribution in [0.15, 0.2) is 77.7 Å². The summed E-state index contributed by atoms with van der Waals surface area (Å²) in [5.41, 5.74) is 5.90. The Hall–Kier alpha value is -3.67. The normalized spacial score (nSPS) is 13.3. The van der Waals surface area contributed by atoms with Crippen LogP contribution in [-0.2, 0) is 19.5 Å². The largest absolute Gasteiger partial charge is 0.366 e. The average molecular weight is 400 g/mol. The zero-order chi connectivity index (χ0) is 20.5. The van der Waals surface area contributed by atoms with Crippen molar-refractivity contribution in [1.29, 1.82) is 0 Å². The Labute approximate surface area is 173 Å². The van der Waals surface area contributed by atoms with Crippen LogP contribution in [0.5, 0.6) is 0 Å². The summed E-state index contributed by atoms with van der Waals surface area (Å²) < 4.78 is 15.0. The van der Waals surface area contributed by atoms with Crippen LogP contribution in [0.2, 0.25) is 0 Å². The molecule has 0 bridgehead atoms. The van der Waals surface area contributed by atoms with Crippen LogP contribution in [-0.4, -0.2) is 21.3 Å². The fourth-order valence-corrected chi connectivity index (χ4v) is 3.97. The minimum Gasteiger partial charge on any atom is -0.366 e. The highest BCUT2D eigenvalue weighted by atomic mass is 19.1. The van der Waals surface area contributed by atoms with Gasteiger partial charge in [0.15, 0.2) is 0 Å². The molecule has 2 aromatic carbocycles. The number of aromatic nitrogens is 3. The van der Waals surface area contributed by atoms with Crippen LogP contribution < -0.4 is 10.5 Å². The molecule has 0 aliphatic carbocycles. The number of rotatable bonds is 4. The van der Waals surface area contributed by atoms with Gasteiger partial charge in [-0.3, -0.25) is 9.89 Å². The van der Waals surface area contributed by atoms with E-state index in [2.05, 4.69) is 15.1 Å². The molecule has 0 fully saturated rings. The van der Waals surface area contributed by atoms with Gasteiger partial charge in [0, 0.05) is 54.3 Å². The quantitative estimate of drug-likeness (QED) is 0.564. The summed E-state index contributed by atoms with van der Waals surface area (Å²) in [5, 5.41) is 7.59. The lowest BCUT2D eigenvalue weighted by Crippen LogP contribution is -2.32. The van der Waals surface area contributed by atoms with E-state index in [1.807, 2.05) is 42.6 Å². The topological polar surface area (TPSA) is 53.9 Å². The van der Waals surface area contributed by atoms with Crippen LogP contribution in [0.1, 0.15) is 16.8 Å². The van der Waals surface area contributed by atoms with E-state index >= 15 is 0 Å². The van der Waals surface area contributed by atoms with E-state index in [0.717, 1.165) is 46.7 Å². The van der Waals surface area contributed by atoms with Gasteiger partial charge in [-0.25, -0.2) is 4.39 Å². The van der Waals surface area contributed by atoms with Crippen molar-refractivity contribution < 1.29 is 4.39 Å². The number of benzene rings is 2. The summed E-state index contributed by atoms with van der Waals surface area (Å²) in [6.45, 7) is 2.02. The van der Waals surface area contributed by atoms with Gasteiger partial charge in [0.25, 0.3) is 5.56 Å². The number of hydrogen-bond acceptors (Lipinski definition) is 3. The molecule has 0 radical (unpaired) electrons. The number of nitrogens with zero attached hydrogens (tertiary/aromatic N) is 3. The molecule has 1 aliphatic heterocycles. The van der Waals surface area contributed by atoms with Crippen molar-refractivity contribution in [3.63, 3.8) is 0 Å². The lowest BCUT2D eigenvalue weighted by atomic mass is 10.0. The molecule has 0 saturated heterocycles. The molecule has 0 saturated carbocycles. The van der Waals surface area contributed by atoms with E-state index in [1.165, 1.54) is 12.1 Å². The molecular formula is C24H21FN4O. The Bertz CT molecular complexity index is 1230. The van der Waals surface area contributed by atoms with Crippen LogP contribution >= 0.6 is 0 Å². The van der Waals surface area contributed by atoms with Gasteiger partial charge >= 0.3 is 0 Å². The first kappa shape index (κ1) is 18.4. The van der Waals surface area contributed by atoms with Crippen molar-refractivity contribution in [2.24, 2.45) is 0 Å². The van der Waals surface area contributed by atoms with E-state index in [-0.39, 0.29) is 11.4 Å². The second-order valence-electron chi connectivity index (χ2n) is 7.54. The second kappa shape index (κ2) is 7.63. The number of hydrogen-bond donors (Lipinski definition) is 1. The van der Waals surface area contributed by atoms with Crippen molar-refractivity contribution in [2.75, 3.05) is 11.4 Å². The smallest absolute Gasteiger partial charge is 0.252 e. The molecule has 0 spiro atoms. The SMILES string of the molecule is O=c1cc(N2CCc3[nH]nc(-c4ccc(F)cc4)c3C2)ccn1Cc1ccccc1. The average Bonchev–Trinajstić information content (AvgIpc) is 3.20. The highest BCUT2D eigenvalue weighted by Gasteiger charge is 2.23. The van der Waals surface area contributed by atoms with Crippen molar-refractivity contribution >= 4 is 5.69 Å². The maximum Gasteiger partial charge on any atom is 0.252 e. The first-order valence-electron chi connectivity index (χ1n) is 9.99. The number of H-pyrrole nitrogens is 1.